The van der Waals surface area contributed by atoms with Crippen molar-refractivity contribution in [3.05, 3.63) is 29.8 Å². The van der Waals surface area contributed by atoms with Crippen LogP contribution in [-0.2, 0) is 4.79 Å². The fourth-order valence-electron chi connectivity index (χ4n) is 3.21. The molecular formula is C18H27NO3. The van der Waals surface area contributed by atoms with Gasteiger partial charge in [-0.05, 0) is 43.9 Å². The van der Waals surface area contributed by atoms with E-state index in [0.717, 1.165) is 37.1 Å². The van der Waals surface area contributed by atoms with Crippen LogP contribution in [0.15, 0.2) is 24.3 Å². The number of piperidine rings is 1. The number of carbonyl (C=O) groups excluding carboxylic acids is 1. The maximum absolute atomic E-state index is 12.9. The van der Waals surface area contributed by atoms with Crippen molar-refractivity contribution < 1.29 is 14.6 Å². The van der Waals surface area contributed by atoms with Crippen molar-refractivity contribution in [3.8, 4) is 5.75 Å². The Bertz CT molecular complexity index is 484. The first-order chi connectivity index (χ1) is 10.6. The van der Waals surface area contributed by atoms with Gasteiger partial charge in [0.15, 0.2) is 0 Å². The van der Waals surface area contributed by atoms with E-state index in [4.69, 9.17) is 4.74 Å². The van der Waals surface area contributed by atoms with Gasteiger partial charge in [0, 0.05) is 19.0 Å². The molecule has 0 spiro atoms. The smallest absolute Gasteiger partial charge is 0.230 e. The molecule has 1 saturated heterocycles. The zero-order valence-electron chi connectivity index (χ0n) is 13.8. The van der Waals surface area contributed by atoms with E-state index in [1.54, 1.807) is 7.11 Å². The topological polar surface area (TPSA) is 49.8 Å². The molecule has 1 aliphatic rings. The summed E-state index contributed by atoms with van der Waals surface area (Å²) in [6, 6.07) is 7.75. The number of carbonyl (C=O) groups is 1. The first-order valence-electron chi connectivity index (χ1n) is 8.17. The van der Waals surface area contributed by atoms with Crippen LogP contribution in [0, 0.1) is 5.92 Å². The summed E-state index contributed by atoms with van der Waals surface area (Å²) in [5.41, 5.74) is 1.03. The molecule has 0 bridgehead atoms. The summed E-state index contributed by atoms with van der Waals surface area (Å²) in [6.45, 7) is 5.33. The van der Waals surface area contributed by atoms with Crippen molar-refractivity contribution in [3.63, 3.8) is 0 Å². The second-order valence-corrected chi connectivity index (χ2v) is 6.16. The van der Waals surface area contributed by atoms with Crippen molar-refractivity contribution in [2.24, 2.45) is 5.92 Å². The lowest BCUT2D eigenvalue weighted by Crippen LogP contribution is -2.44. The van der Waals surface area contributed by atoms with Crippen molar-refractivity contribution in [1.82, 2.24) is 4.90 Å². The molecule has 2 rings (SSSR count). The minimum absolute atomic E-state index is 0.112. The molecule has 4 heteroatoms. The van der Waals surface area contributed by atoms with Crippen LogP contribution >= 0.6 is 0 Å². The van der Waals surface area contributed by atoms with E-state index in [-0.39, 0.29) is 23.8 Å². The van der Waals surface area contributed by atoms with Crippen LogP contribution in [0.4, 0.5) is 0 Å². The molecule has 1 heterocycles. The molecule has 1 aromatic rings. The van der Waals surface area contributed by atoms with E-state index in [0.29, 0.717) is 6.54 Å². The summed E-state index contributed by atoms with van der Waals surface area (Å²) in [6.07, 6.45) is 2.40. The Kier molecular flexibility index (Phi) is 5.83. The van der Waals surface area contributed by atoms with E-state index in [2.05, 4.69) is 0 Å². The molecule has 0 radical (unpaired) electrons. The standard InChI is InChI=1S/C18H27NO3/c1-4-17(14-7-9-16(22-3)10-8-14)18(21)19-11-5-6-15(12-19)13(2)20/h7-10,13,15,17,20H,4-6,11-12H2,1-3H3. The Morgan fingerprint density at radius 3 is 2.64 bits per heavy atom. The Labute approximate surface area is 133 Å². The fraction of sp³-hybridized carbons (Fsp3) is 0.611. The normalized spacial score (nSPS) is 21.3. The molecule has 4 nitrogen and oxygen atoms in total. The van der Waals surface area contributed by atoms with Gasteiger partial charge in [-0.2, -0.15) is 0 Å². The van der Waals surface area contributed by atoms with E-state index < -0.39 is 0 Å². The average molecular weight is 305 g/mol. The maximum Gasteiger partial charge on any atom is 0.230 e. The maximum atomic E-state index is 12.9. The molecule has 0 aliphatic carbocycles. The highest BCUT2D eigenvalue weighted by molar-refractivity contribution is 5.83. The van der Waals surface area contributed by atoms with Gasteiger partial charge in [-0.3, -0.25) is 4.79 Å². The average Bonchev–Trinajstić information content (AvgIpc) is 2.56. The van der Waals surface area contributed by atoms with Gasteiger partial charge in [-0.25, -0.2) is 0 Å². The van der Waals surface area contributed by atoms with Crippen molar-refractivity contribution in [2.45, 2.75) is 45.1 Å². The highest BCUT2D eigenvalue weighted by Gasteiger charge is 2.30. The van der Waals surface area contributed by atoms with Crippen LogP contribution in [-0.4, -0.2) is 42.2 Å². The van der Waals surface area contributed by atoms with Gasteiger partial charge >= 0.3 is 0 Å². The van der Waals surface area contributed by atoms with Gasteiger partial charge in [0.1, 0.15) is 5.75 Å². The Hall–Kier alpha value is -1.55. The number of benzene rings is 1. The summed E-state index contributed by atoms with van der Waals surface area (Å²) in [5, 5.41) is 9.80. The van der Waals surface area contributed by atoms with Crippen LogP contribution in [0.2, 0.25) is 0 Å². The Balaban J connectivity index is 2.10. The Morgan fingerprint density at radius 2 is 2.09 bits per heavy atom. The number of ether oxygens (including phenoxy) is 1. The van der Waals surface area contributed by atoms with Gasteiger partial charge < -0.3 is 14.7 Å². The number of hydrogen-bond acceptors (Lipinski definition) is 3. The highest BCUT2D eigenvalue weighted by Crippen LogP contribution is 2.27. The van der Waals surface area contributed by atoms with E-state index in [9.17, 15) is 9.90 Å². The van der Waals surface area contributed by atoms with Gasteiger partial charge in [0.25, 0.3) is 0 Å². The largest absolute Gasteiger partial charge is 0.497 e. The molecule has 3 unspecified atom stereocenters. The number of rotatable bonds is 5. The minimum atomic E-state index is -0.350. The second-order valence-electron chi connectivity index (χ2n) is 6.16. The van der Waals surface area contributed by atoms with Crippen LogP contribution in [0.25, 0.3) is 0 Å². The number of aliphatic hydroxyl groups excluding tert-OH is 1. The lowest BCUT2D eigenvalue weighted by atomic mass is 9.90. The van der Waals surface area contributed by atoms with Gasteiger partial charge in [-0.15, -0.1) is 0 Å². The van der Waals surface area contributed by atoms with Crippen LogP contribution in [0.1, 0.15) is 44.6 Å². The van der Waals surface area contributed by atoms with E-state index in [1.165, 1.54) is 0 Å². The third-order valence-corrected chi connectivity index (χ3v) is 4.68. The number of methoxy groups -OCH3 is 1. The summed E-state index contributed by atoms with van der Waals surface area (Å²) in [5.74, 6) is 1.07. The number of nitrogens with zero attached hydrogens (tertiary/aromatic N) is 1. The second kappa shape index (κ2) is 7.63. The zero-order valence-corrected chi connectivity index (χ0v) is 13.8. The van der Waals surface area contributed by atoms with E-state index >= 15 is 0 Å². The van der Waals surface area contributed by atoms with Crippen LogP contribution < -0.4 is 4.74 Å². The highest BCUT2D eigenvalue weighted by atomic mass is 16.5. The van der Waals surface area contributed by atoms with Crippen LogP contribution in [0.3, 0.4) is 0 Å². The zero-order chi connectivity index (χ0) is 16.1. The summed E-state index contributed by atoms with van der Waals surface area (Å²) in [4.78, 5) is 14.8. The molecule has 0 aromatic heterocycles. The lowest BCUT2D eigenvalue weighted by molar-refractivity contribution is -0.135. The van der Waals surface area contributed by atoms with Crippen molar-refractivity contribution in [2.75, 3.05) is 20.2 Å². The summed E-state index contributed by atoms with van der Waals surface area (Å²) >= 11 is 0. The van der Waals surface area contributed by atoms with E-state index in [1.807, 2.05) is 43.0 Å². The summed E-state index contributed by atoms with van der Waals surface area (Å²) < 4.78 is 5.18. The number of hydrogen-bond donors (Lipinski definition) is 1. The molecule has 1 aliphatic heterocycles. The first-order valence-corrected chi connectivity index (χ1v) is 8.17. The third-order valence-electron chi connectivity index (χ3n) is 4.68. The number of likely N-dealkylation sites (tertiary alicyclic amines) is 1. The molecule has 3 atom stereocenters. The fourth-order valence-corrected chi connectivity index (χ4v) is 3.21. The molecule has 22 heavy (non-hydrogen) atoms. The molecular weight excluding hydrogens is 278 g/mol. The monoisotopic (exact) mass is 305 g/mol. The van der Waals surface area contributed by atoms with Gasteiger partial charge in [0.2, 0.25) is 5.91 Å². The SMILES string of the molecule is CCC(C(=O)N1CCCC(C(C)O)C1)c1ccc(OC)cc1. The number of amides is 1. The third kappa shape index (κ3) is 3.80. The first kappa shape index (κ1) is 16.8. The molecule has 1 amide bonds. The molecule has 1 N–H and O–H groups in total. The van der Waals surface area contributed by atoms with Crippen LogP contribution in [0.5, 0.6) is 5.75 Å². The molecule has 1 aromatic carbocycles. The molecule has 1 fully saturated rings. The molecule has 0 saturated carbocycles. The van der Waals surface area contributed by atoms with Gasteiger partial charge in [-0.1, -0.05) is 19.1 Å². The lowest BCUT2D eigenvalue weighted by Gasteiger charge is -2.36. The van der Waals surface area contributed by atoms with Crippen molar-refractivity contribution >= 4 is 5.91 Å². The van der Waals surface area contributed by atoms with Gasteiger partial charge in [0.05, 0.1) is 19.1 Å². The minimum Gasteiger partial charge on any atom is -0.497 e. The summed E-state index contributed by atoms with van der Waals surface area (Å²) in [7, 11) is 1.64. The predicted octanol–water partition coefficient (Wildman–Crippen LogP) is 2.81. The quantitative estimate of drug-likeness (QED) is 0.910. The predicted molar refractivity (Wildman–Crippen MR) is 87.0 cm³/mol. The Morgan fingerprint density at radius 1 is 1.41 bits per heavy atom. The number of aliphatic hydroxyl groups is 1. The molecule has 122 valence electrons. The van der Waals surface area contributed by atoms with Crippen molar-refractivity contribution in [1.29, 1.82) is 0 Å².